The molecule has 10 aromatic rings. The van der Waals surface area contributed by atoms with Gasteiger partial charge in [-0.3, -0.25) is 0 Å². The van der Waals surface area contributed by atoms with Gasteiger partial charge in [-0.1, -0.05) is 202 Å². The van der Waals surface area contributed by atoms with E-state index in [0.29, 0.717) is 0 Å². The zero-order valence-corrected chi connectivity index (χ0v) is 36.7. The molecule has 0 saturated heterocycles. The lowest BCUT2D eigenvalue weighted by Gasteiger charge is -2.31. The number of hydrogen-bond acceptors (Lipinski definition) is 1. The molecule has 0 fully saturated rings. The standard InChI is InChI=1S/C64H47N/c1-63(2)58-27-10-7-21-54(58)56-25-14-24-52(62(56)63)44-31-35-48(36-32-44)65(47-33-29-43(30-34-47)51-23-13-19-46-18-12-22-50(61(46)51)42-15-4-3-5-16-42)49-37-38-55-53-20-8-11-28-59(53)64(60(55)41-49)40-39-45-17-6-9-26-57(45)64/h3-38,41H,39-40H2,1-2H3. The van der Waals surface area contributed by atoms with E-state index in [-0.39, 0.29) is 10.8 Å². The van der Waals surface area contributed by atoms with Crippen LogP contribution in [0.25, 0.3) is 66.4 Å². The number of benzene rings is 10. The molecule has 1 nitrogen and oxygen atoms in total. The first-order chi connectivity index (χ1) is 32.0. The van der Waals surface area contributed by atoms with Crippen molar-refractivity contribution in [2.75, 3.05) is 4.90 Å². The van der Waals surface area contributed by atoms with Crippen LogP contribution in [-0.2, 0) is 17.3 Å². The Morgan fingerprint density at radius 2 is 0.846 bits per heavy atom. The van der Waals surface area contributed by atoms with Crippen molar-refractivity contribution >= 4 is 27.8 Å². The Balaban J connectivity index is 0.965. The summed E-state index contributed by atoms with van der Waals surface area (Å²) in [5, 5.41) is 2.52. The minimum absolute atomic E-state index is 0.0995. The van der Waals surface area contributed by atoms with Crippen molar-refractivity contribution in [2.24, 2.45) is 0 Å². The summed E-state index contributed by atoms with van der Waals surface area (Å²) in [6.45, 7) is 4.76. The van der Waals surface area contributed by atoms with Gasteiger partial charge in [-0.05, 0) is 149 Å². The first-order valence-corrected chi connectivity index (χ1v) is 23.1. The number of anilines is 3. The Labute approximate surface area is 382 Å². The van der Waals surface area contributed by atoms with Gasteiger partial charge >= 0.3 is 0 Å². The Kier molecular flexibility index (Phi) is 8.37. The molecule has 1 atom stereocenters. The topological polar surface area (TPSA) is 3.24 Å². The van der Waals surface area contributed by atoms with Crippen LogP contribution in [0.15, 0.2) is 224 Å². The predicted octanol–water partition coefficient (Wildman–Crippen LogP) is 16.9. The van der Waals surface area contributed by atoms with Crippen LogP contribution >= 0.6 is 0 Å². The smallest absolute Gasteiger partial charge is 0.0470 e. The second-order valence-corrected chi connectivity index (χ2v) is 18.7. The average molecular weight is 830 g/mol. The van der Waals surface area contributed by atoms with E-state index in [9.17, 15) is 0 Å². The molecule has 0 saturated carbocycles. The van der Waals surface area contributed by atoms with Gasteiger partial charge in [0.2, 0.25) is 0 Å². The van der Waals surface area contributed by atoms with Crippen molar-refractivity contribution in [3.63, 3.8) is 0 Å². The molecule has 0 radical (unpaired) electrons. The first-order valence-electron chi connectivity index (χ1n) is 23.1. The highest BCUT2D eigenvalue weighted by Gasteiger charge is 2.48. The maximum absolute atomic E-state index is 2.51. The van der Waals surface area contributed by atoms with E-state index >= 15 is 0 Å². The number of fused-ring (bicyclic) bond motifs is 11. The number of hydrogen-bond donors (Lipinski definition) is 0. The van der Waals surface area contributed by atoms with Crippen LogP contribution in [0, 0.1) is 0 Å². The second kappa shape index (κ2) is 14.4. The molecule has 13 rings (SSSR count). The van der Waals surface area contributed by atoms with Gasteiger partial charge in [0.05, 0.1) is 0 Å². The van der Waals surface area contributed by atoms with Crippen molar-refractivity contribution < 1.29 is 0 Å². The van der Waals surface area contributed by atoms with Crippen LogP contribution < -0.4 is 4.90 Å². The fourth-order valence-electron chi connectivity index (χ4n) is 12.2. The van der Waals surface area contributed by atoms with Crippen LogP contribution in [-0.4, -0.2) is 0 Å². The SMILES string of the molecule is CC1(C)c2ccccc2-c2cccc(-c3ccc(N(c4ccc(-c5cccc6cccc(-c7ccccc7)c56)cc4)c4ccc5c(c4)C4(CCc6ccccc64)c4ccccc4-5)cc3)c21. The van der Waals surface area contributed by atoms with E-state index < -0.39 is 0 Å². The van der Waals surface area contributed by atoms with Crippen LogP contribution in [0.1, 0.15) is 53.6 Å². The summed E-state index contributed by atoms with van der Waals surface area (Å²) in [5.41, 5.74) is 24.5. The molecule has 3 aliphatic rings. The Hall–Kier alpha value is -7.74. The van der Waals surface area contributed by atoms with E-state index in [1.807, 2.05) is 0 Å². The minimum atomic E-state index is -0.180. The van der Waals surface area contributed by atoms with E-state index in [0.717, 1.165) is 29.9 Å². The van der Waals surface area contributed by atoms with Crippen molar-refractivity contribution in [2.45, 2.75) is 37.5 Å². The summed E-state index contributed by atoms with van der Waals surface area (Å²) in [6, 6.07) is 84.1. The van der Waals surface area contributed by atoms with Crippen LogP contribution in [0.3, 0.4) is 0 Å². The molecule has 0 bridgehead atoms. The summed E-state index contributed by atoms with van der Waals surface area (Å²) in [4.78, 5) is 2.47. The molecule has 1 unspecified atom stereocenters. The lowest BCUT2D eigenvalue weighted by Crippen LogP contribution is -2.24. The molecular formula is C64H47N. The van der Waals surface area contributed by atoms with Gasteiger partial charge in [-0.15, -0.1) is 0 Å². The largest absolute Gasteiger partial charge is 0.310 e. The molecule has 3 aliphatic carbocycles. The van der Waals surface area contributed by atoms with Gasteiger partial charge in [0, 0.05) is 27.9 Å². The Morgan fingerprint density at radius 3 is 1.55 bits per heavy atom. The summed E-state index contributed by atoms with van der Waals surface area (Å²) in [5.74, 6) is 0. The van der Waals surface area contributed by atoms with E-state index in [1.54, 1.807) is 0 Å². The van der Waals surface area contributed by atoms with E-state index in [4.69, 9.17) is 0 Å². The number of rotatable bonds is 6. The van der Waals surface area contributed by atoms with Gasteiger partial charge in [0.15, 0.2) is 0 Å². The average Bonchev–Trinajstić information content (AvgIpc) is 3.97. The fraction of sp³-hybridized carbons (Fsp3) is 0.0938. The van der Waals surface area contributed by atoms with Gasteiger partial charge < -0.3 is 4.90 Å². The summed E-state index contributed by atoms with van der Waals surface area (Å²) in [7, 11) is 0. The minimum Gasteiger partial charge on any atom is -0.310 e. The summed E-state index contributed by atoms with van der Waals surface area (Å²) >= 11 is 0. The highest BCUT2D eigenvalue weighted by atomic mass is 15.1. The van der Waals surface area contributed by atoms with Crippen molar-refractivity contribution in [1.29, 1.82) is 0 Å². The molecule has 1 heteroatoms. The van der Waals surface area contributed by atoms with Crippen LogP contribution in [0.2, 0.25) is 0 Å². The summed E-state index contributed by atoms with van der Waals surface area (Å²) < 4.78 is 0. The first kappa shape index (κ1) is 37.8. The molecule has 10 aromatic carbocycles. The number of nitrogens with zero attached hydrogens (tertiary/aromatic N) is 1. The molecule has 65 heavy (non-hydrogen) atoms. The van der Waals surface area contributed by atoms with Gasteiger partial charge in [-0.25, -0.2) is 0 Å². The third kappa shape index (κ3) is 5.58. The maximum Gasteiger partial charge on any atom is 0.0470 e. The molecule has 0 amide bonds. The zero-order chi connectivity index (χ0) is 43.3. The molecule has 0 N–H and O–H groups in total. The van der Waals surface area contributed by atoms with Crippen molar-refractivity contribution in [3.8, 4) is 55.6 Å². The van der Waals surface area contributed by atoms with Crippen molar-refractivity contribution in [1.82, 2.24) is 0 Å². The molecule has 0 aromatic heterocycles. The lowest BCUT2D eigenvalue weighted by molar-refractivity contribution is 0.626. The predicted molar refractivity (Wildman–Crippen MR) is 273 cm³/mol. The van der Waals surface area contributed by atoms with E-state index in [2.05, 4.69) is 243 Å². The third-order valence-electron chi connectivity index (χ3n) is 15.1. The molecule has 0 aliphatic heterocycles. The van der Waals surface area contributed by atoms with Crippen LogP contribution in [0.5, 0.6) is 0 Å². The highest BCUT2D eigenvalue weighted by molar-refractivity contribution is 6.06. The van der Waals surface area contributed by atoms with Crippen LogP contribution in [0.4, 0.5) is 17.1 Å². The molecular weight excluding hydrogens is 783 g/mol. The molecule has 1 spiro atoms. The molecule has 308 valence electrons. The quantitative estimate of drug-likeness (QED) is 0.161. The maximum atomic E-state index is 2.51. The monoisotopic (exact) mass is 829 g/mol. The fourth-order valence-corrected chi connectivity index (χ4v) is 12.2. The van der Waals surface area contributed by atoms with E-state index in [1.165, 1.54) is 99.8 Å². The second-order valence-electron chi connectivity index (χ2n) is 18.7. The Morgan fingerprint density at radius 1 is 0.354 bits per heavy atom. The van der Waals surface area contributed by atoms with Crippen molar-refractivity contribution in [3.05, 3.63) is 258 Å². The normalized spacial score (nSPS) is 15.9. The number of aryl methyl sites for hydroxylation is 1. The zero-order valence-electron chi connectivity index (χ0n) is 36.7. The Bertz CT molecular complexity index is 3500. The molecule has 0 heterocycles. The lowest BCUT2D eigenvalue weighted by atomic mass is 9.73. The van der Waals surface area contributed by atoms with Gasteiger partial charge in [-0.2, -0.15) is 0 Å². The highest BCUT2D eigenvalue weighted by Crippen LogP contribution is 2.59. The summed E-state index contributed by atoms with van der Waals surface area (Å²) in [6.07, 6.45) is 2.15. The van der Waals surface area contributed by atoms with Gasteiger partial charge in [0.1, 0.15) is 0 Å². The van der Waals surface area contributed by atoms with Gasteiger partial charge in [0.25, 0.3) is 0 Å². The third-order valence-corrected chi connectivity index (χ3v) is 15.1.